The molecule has 2 aromatic heterocycles. The van der Waals surface area contributed by atoms with Crippen molar-refractivity contribution in [3.8, 4) is 0 Å². The number of benzene rings is 1. The van der Waals surface area contributed by atoms with Crippen LogP contribution in [0.5, 0.6) is 0 Å². The van der Waals surface area contributed by atoms with Crippen molar-refractivity contribution in [2.24, 2.45) is 0 Å². The normalized spacial score (nSPS) is 16.7. The van der Waals surface area contributed by atoms with Gasteiger partial charge in [-0.15, -0.1) is 0 Å². The van der Waals surface area contributed by atoms with Crippen molar-refractivity contribution in [2.45, 2.75) is 17.7 Å². The van der Waals surface area contributed by atoms with Gasteiger partial charge in [0.2, 0.25) is 0 Å². The Morgan fingerprint density at radius 3 is 1.96 bits per heavy atom. The maximum atomic E-state index is 13.5. The highest BCUT2D eigenvalue weighted by molar-refractivity contribution is 5.40. The number of likely N-dealkylation sites (tertiary alicyclic amines) is 1. The molecule has 3 heterocycles. The second-order valence-electron chi connectivity index (χ2n) is 6.81. The molecule has 2 N–H and O–H groups in total. The van der Waals surface area contributed by atoms with Crippen molar-refractivity contribution < 1.29 is 14.6 Å². The number of β-amino-alcohol motifs (C(OH)–C–C–N with tert-alkyl or cyclic N) is 1. The predicted octanol–water partition coefficient (Wildman–Crippen LogP) is 2.27. The molecule has 0 saturated carbocycles. The van der Waals surface area contributed by atoms with Crippen molar-refractivity contribution >= 4 is 0 Å². The van der Waals surface area contributed by atoms with E-state index in [1.165, 1.54) is 12.1 Å². The average molecular weight is 365 g/mol. The lowest BCUT2D eigenvalue weighted by Crippen LogP contribution is -2.57. The molecule has 0 spiro atoms. The van der Waals surface area contributed by atoms with Crippen LogP contribution in [0, 0.1) is 5.82 Å². The van der Waals surface area contributed by atoms with Crippen LogP contribution in [0.2, 0.25) is 0 Å². The Morgan fingerprint density at radius 1 is 0.963 bits per heavy atom. The zero-order valence-electron chi connectivity index (χ0n) is 14.6. The molecule has 1 aliphatic rings. The molecule has 1 atom stereocenters. The predicted molar refractivity (Wildman–Crippen MR) is 98.2 cm³/mol. The van der Waals surface area contributed by atoms with Crippen LogP contribution in [-0.4, -0.2) is 44.3 Å². The standard InChI is InChI=1S/C21H20FN3O2/c22-18-7-5-15(6-8-18)20(25-13-19(26)14-25)21(27,16-3-1-9-23-11-16)17-4-2-10-24-12-17/h1-12,19-20,26-27H,13-14H2. The smallest absolute Gasteiger partial charge is 0.137 e. The van der Waals surface area contributed by atoms with Crippen LogP contribution < -0.4 is 0 Å². The summed E-state index contributed by atoms with van der Waals surface area (Å²) in [4.78, 5) is 10.3. The number of aliphatic hydroxyl groups is 2. The van der Waals surface area contributed by atoms with Crippen LogP contribution in [-0.2, 0) is 5.60 Å². The third kappa shape index (κ3) is 3.23. The molecule has 3 aromatic rings. The molecular weight excluding hydrogens is 345 g/mol. The Kier molecular flexibility index (Phi) is 4.70. The third-order valence-corrected chi connectivity index (χ3v) is 5.04. The van der Waals surface area contributed by atoms with Crippen molar-refractivity contribution in [1.29, 1.82) is 0 Å². The lowest BCUT2D eigenvalue weighted by Gasteiger charge is -2.49. The molecular formula is C21H20FN3O2. The van der Waals surface area contributed by atoms with Gasteiger partial charge in [0, 0.05) is 49.0 Å². The maximum Gasteiger partial charge on any atom is 0.137 e. The van der Waals surface area contributed by atoms with Crippen LogP contribution >= 0.6 is 0 Å². The number of rotatable bonds is 5. The van der Waals surface area contributed by atoms with Gasteiger partial charge in [-0.05, 0) is 29.8 Å². The number of hydrogen-bond acceptors (Lipinski definition) is 5. The minimum Gasteiger partial charge on any atom is -0.390 e. The van der Waals surface area contributed by atoms with E-state index in [-0.39, 0.29) is 5.82 Å². The Hall–Kier alpha value is -2.67. The zero-order chi connectivity index (χ0) is 18.9. The van der Waals surface area contributed by atoms with Crippen molar-refractivity contribution in [3.05, 3.63) is 95.8 Å². The molecule has 1 aromatic carbocycles. The SMILES string of the molecule is OC1CN(C(c2ccc(F)cc2)C(O)(c2cccnc2)c2cccnc2)C1. The van der Waals surface area contributed by atoms with Gasteiger partial charge in [-0.25, -0.2) is 4.39 Å². The Balaban J connectivity index is 1.90. The fourth-order valence-electron chi connectivity index (χ4n) is 3.72. The van der Waals surface area contributed by atoms with Crippen molar-refractivity contribution in [1.82, 2.24) is 14.9 Å². The quantitative estimate of drug-likeness (QED) is 0.726. The highest BCUT2D eigenvalue weighted by atomic mass is 19.1. The van der Waals surface area contributed by atoms with E-state index < -0.39 is 17.7 Å². The first-order valence-corrected chi connectivity index (χ1v) is 8.80. The number of halogens is 1. The minimum atomic E-state index is -1.47. The van der Waals surface area contributed by atoms with Gasteiger partial charge in [0.25, 0.3) is 0 Å². The summed E-state index contributed by atoms with van der Waals surface area (Å²) in [6.07, 6.45) is 6.10. The Bertz CT molecular complexity index is 845. The third-order valence-electron chi connectivity index (χ3n) is 5.04. The van der Waals surface area contributed by atoms with Crippen LogP contribution in [0.4, 0.5) is 4.39 Å². The van der Waals surface area contributed by atoms with Gasteiger partial charge in [-0.2, -0.15) is 0 Å². The van der Waals surface area contributed by atoms with E-state index in [2.05, 4.69) is 9.97 Å². The highest BCUT2D eigenvalue weighted by Crippen LogP contribution is 2.45. The van der Waals surface area contributed by atoms with E-state index in [1.807, 2.05) is 17.0 Å². The largest absolute Gasteiger partial charge is 0.390 e. The summed E-state index contributed by atoms with van der Waals surface area (Å²) in [5, 5.41) is 21.9. The molecule has 138 valence electrons. The van der Waals surface area contributed by atoms with E-state index in [9.17, 15) is 14.6 Å². The summed E-state index contributed by atoms with van der Waals surface area (Å²) in [7, 11) is 0. The van der Waals surface area contributed by atoms with Crippen molar-refractivity contribution in [2.75, 3.05) is 13.1 Å². The summed E-state index contributed by atoms with van der Waals surface area (Å²) in [6.45, 7) is 0.843. The molecule has 1 unspecified atom stereocenters. The van der Waals surface area contributed by atoms with Gasteiger partial charge in [-0.1, -0.05) is 24.3 Å². The molecule has 27 heavy (non-hydrogen) atoms. The summed E-state index contributed by atoms with van der Waals surface area (Å²) >= 11 is 0. The molecule has 1 saturated heterocycles. The van der Waals surface area contributed by atoms with Gasteiger partial charge in [-0.3, -0.25) is 14.9 Å². The lowest BCUT2D eigenvalue weighted by molar-refractivity contribution is -0.0945. The number of pyridine rings is 2. The summed E-state index contributed by atoms with van der Waals surface area (Å²) < 4.78 is 13.5. The molecule has 1 aliphatic heterocycles. The number of aromatic nitrogens is 2. The van der Waals surface area contributed by atoms with Gasteiger partial charge >= 0.3 is 0 Å². The summed E-state index contributed by atoms with van der Waals surface area (Å²) in [5.74, 6) is -0.340. The maximum absolute atomic E-state index is 13.5. The lowest BCUT2D eigenvalue weighted by atomic mass is 9.76. The van der Waals surface area contributed by atoms with E-state index in [4.69, 9.17) is 0 Å². The van der Waals surface area contributed by atoms with E-state index in [0.717, 1.165) is 5.56 Å². The fourth-order valence-corrected chi connectivity index (χ4v) is 3.72. The monoisotopic (exact) mass is 365 g/mol. The number of aliphatic hydroxyl groups excluding tert-OH is 1. The minimum absolute atomic E-state index is 0.340. The highest BCUT2D eigenvalue weighted by Gasteiger charge is 2.48. The molecule has 0 bridgehead atoms. The van der Waals surface area contributed by atoms with Crippen LogP contribution in [0.25, 0.3) is 0 Å². The van der Waals surface area contributed by atoms with Gasteiger partial charge in [0.1, 0.15) is 11.4 Å². The van der Waals surface area contributed by atoms with Gasteiger partial charge < -0.3 is 10.2 Å². The topological polar surface area (TPSA) is 69.5 Å². The van der Waals surface area contributed by atoms with Gasteiger partial charge in [0.05, 0.1) is 12.1 Å². The van der Waals surface area contributed by atoms with Crippen molar-refractivity contribution in [3.63, 3.8) is 0 Å². The zero-order valence-corrected chi connectivity index (χ0v) is 14.6. The molecule has 0 aliphatic carbocycles. The van der Waals surface area contributed by atoms with E-state index in [1.54, 1.807) is 49.1 Å². The molecule has 0 amide bonds. The van der Waals surface area contributed by atoms with E-state index >= 15 is 0 Å². The second-order valence-corrected chi connectivity index (χ2v) is 6.81. The number of nitrogens with zero attached hydrogens (tertiary/aromatic N) is 3. The number of hydrogen-bond donors (Lipinski definition) is 2. The van der Waals surface area contributed by atoms with Crippen LogP contribution in [0.1, 0.15) is 22.7 Å². The molecule has 5 nitrogen and oxygen atoms in total. The first-order valence-electron chi connectivity index (χ1n) is 8.80. The van der Waals surface area contributed by atoms with E-state index in [0.29, 0.717) is 24.2 Å². The second kappa shape index (κ2) is 7.15. The molecule has 6 heteroatoms. The van der Waals surface area contributed by atoms with Crippen LogP contribution in [0.15, 0.2) is 73.3 Å². The fraction of sp³-hybridized carbons (Fsp3) is 0.238. The first kappa shape index (κ1) is 17.7. The molecule has 4 rings (SSSR count). The Morgan fingerprint density at radius 2 is 1.52 bits per heavy atom. The first-order chi connectivity index (χ1) is 13.1. The molecule has 1 fully saturated rings. The van der Waals surface area contributed by atoms with Gasteiger partial charge in [0.15, 0.2) is 0 Å². The molecule has 0 radical (unpaired) electrons. The summed E-state index contributed by atoms with van der Waals surface area (Å²) in [5.41, 5.74) is 0.487. The summed E-state index contributed by atoms with van der Waals surface area (Å²) in [6, 6.07) is 12.7. The Labute approximate surface area is 156 Å². The average Bonchev–Trinajstić information content (AvgIpc) is 2.69. The van der Waals surface area contributed by atoms with Crippen LogP contribution in [0.3, 0.4) is 0 Å².